The van der Waals surface area contributed by atoms with Crippen molar-refractivity contribution in [3.05, 3.63) is 71.0 Å². The predicted octanol–water partition coefficient (Wildman–Crippen LogP) is 5.04. The molecular formula is C19H20ClN3O. The molecular weight excluding hydrogens is 322 g/mol. The SMILES string of the molecule is CCc1nn(C)cc1NCc1ccc(Oc2ccccc2)cc1Cl. The molecule has 1 aromatic heterocycles. The van der Waals surface area contributed by atoms with Crippen molar-refractivity contribution in [2.45, 2.75) is 19.9 Å². The average Bonchev–Trinajstić information content (AvgIpc) is 2.95. The smallest absolute Gasteiger partial charge is 0.128 e. The molecule has 0 fully saturated rings. The molecule has 3 aromatic rings. The molecule has 0 radical (unpaired) electrons. The second-order valence-corrected chi connectivity index (χ2v) is 5.95. The first-order valence-electron chi connectivity index (χ1n) is 7.93. The van der Waals surface area contributed by atoms with E-state index in [1.165, 1.54) is 0 Å². The Morgan fingerprint density at radius 2 is 1.92 bits per heavy atom. The summed E-state index contributed by atoms with van der Waals surface area (Å²) in [5.41, 5.74) is 3.11. The Labute approximate surface area is 147 Å². The lowest BCUT2D eigenvalue weighted by Gasteiger charge is -2.10. The van der Waals surface area contributed by atoms with Crippen LogP contribution in [0.1, 0.15) is 18.2 Å². The highest BCUT2D eigenvalue weighted by Gasteiger charge is 2.08. The van der Waals surface area contributed by atoms with Gasteiger partial charge in [-0.3, -0.25) is 4.68 Å². The van der Waals surface area contributed by atoms with Crippen molar-refractivity contribution in [2.24, 2.45) is 7.05 Å². The van der Waals surface area contributed by atoms with Crippen LogP contribution in [-0.4, -0.2) is 9.78 Å². The number of halogens is 1. The largest absolute Gasteiger partial charge is 0.457 e. The molecule has 0 atom stereocenters. The maximum Gasteiger partial charge on any atom is 0.128 e. The van der Waals surface area contributed by atoms with Crippen LogP contribution in [0.3, 0.4) is 0 Å². The molecule has 2 aromatic carbocycles. The van der Waals surface area contributed by atoms with Gasteiger partial charge in [0.2, 0.25) is 0 Å². The maximum absolute atomic E-state index is 6.40. The van der Waals surface area contributed by atoms with Crippen molar-refractivity contribution in [3.63, 3.8) is 0 Å². The van der Waals surface area contributed by atoms with Crippen molar-refractivity contribution < 1.29 is 4.74 Å². The van der Waals surface area contributed by atoms with Crippen LogP contribution in [0.25, 0.3) is 0 Å². The molecule has 0 saturated carbocycles. The summed E-state index contributed by atoms with van der Waals surface area (Å²) in [7, 11) is 1.92. The highest BCUT2D eigenvalue weighted by Crippen LogP contribution is 2.27. The van der Waals surface area contributed by atoms with Crippen LogP contribution >= 0.6 is 11.6 Å². The number of nitrogens with zero attached hydrogens (tertiary/aromatic N) is 2. The number of benzene rings is 2. The van der Waals surface area contributed by atoms with Crippen LogP contribution in [0.2, 0.25) is 5.02 Å². The Balaban J connectivity index is 1.68. The van der Waals surface area contributed by atoms with Gasteiger partial charge in [-0.15, -0.1) is 0 Å². The summed E-state index contributed by atoms with van der Waals surface area (Å²) in [6.45, 7) is 2.74. The van der Waals surface area contributed by atoms with Gasteiger partial charge in [-0.05, 0) is 36.2 Å². The minimum atomic E-state index is 0.642. The van der Waals surface area contributed by atoms with Crippen LogP contribution in [0.15, 0.2) is 54.7 Å². The fraction of sp³-hybridized carbons (Fsp3) is 0.211. The second kappa shape index (κ2) is 7.41. The standard InChI is InChI=1S/C19H20ClN3O/c1-3-18-19(13-23(2)22-18)21-12-14-9-10-16(11-17(14)20)24-15-7-5-4-6-8-15/h4-11,13,21H,3,12H2,1-2H3. The van der Waals surface area contributed by atoms with Gasteiger partial charge in [0.15, 0.2) is 0 Å². The van der Waals surface area contributed by atoms with E-state index >= 15 is 0 Å². The van der Waals surface area contributed by atoms with Crippen LogP contribution < -0.4 is 10.1 Å². The molecule has 3 rings (SSSR count). The van der Waals surface area contributed by atoms with Gasteiger partial charge in [0, 0.05) is 24.8 Å². The Morgan fingerprint density at radius 1 is 1.12 bits per heavy atom. The molecule has 0 bridgehead atoms. The first kappa shape index (κ1) is 16.4. The Hall–Kier alpha value is -2.46. The van der Waals surface area contributed by atoms with Gasteiger partial charge >= 0.3 is 0 Å². The molecule has 0 unspecified atom stereocenters. The Kier molecular flexibility index (Phi) is 5.06. The molecule has 1 heterocycles. The van der Waals surface area contributed by atoms with Gasteiger partial charge in [-0.1, -0.05) is 42.8 Å². The van der Waals surface area contributed by atoms with Crippen molar-refractivity contribution in [1.82, 2.24) is 9.78 Å². The lowest BCUT2D eigenvalue weighted by Crippen LogP contribution is -2.01. The van der Waals surface area contributed by atoms with E-state index in [1.54, 1.807) is 0 Å². The molecule has 0 aliphatic carbocycles. The van der Waals surface area contributed by atoms with Crippen molar-refractivity contribution in [3.8, 4) is 11.5 Å². The molecule has 1 N–H and O–H groups in total. The molecule has 4 nitrogen and oxygen atoms in total. The summed E-state index contributed by atoms with van der Waals surface area (Å²) in [6, 6.07) is 15.4. The zero-order chi connectivity index (χ0) is 16.9. The highest BCUT2D eigenvalue weighted by atomic mass is 35.5. The number of aromatic nitrogens is 2. The summed E-state index contributed by atoms with van der Waals surface area (Å²) in [5, 5.41) is 8.51. The normalized spacial score (nSPS) is 10.6. The molecule has 24 heavy (non-hydrogen) atoms. The van der Waals surface area contributed by atoms with E-state index < -0.39 is 0 Å². The molecule has 0 aliphatic rings. The van der Waals surface area contributed by atoms with Crippen LogP contribution in [-0.2, 0) is 20.0 Å². The quantitative estimate of drug-likeness (QED) is 0.682. The van der Waals surface area contributed by atoms with Crippen molar-refractivity contribution in [1.29, 1.82) is 0 Å². The fourth-order valence-electron chi connectivity index (χ4n) is 2.49. The molecule has 5 heteroatoms. The number of hydrogen-bond donors (Lipinski definition) is 1. The van der Waals surface area contributed by atoms with E-state index in [0.717, 1.165) is 34.9 Å². The van der Waals surface area contributed by atoms with E-state index in [9.17, 15) is 0 Å². The first-order chi connectivity index (χ1) is 11.7. The summed E-state index contributed by atoms with van der Waals surface area (Å²) in [5.74, 6) is 1.52. The van der Waals surface area contributed by atoms with E-state index in [2.05, 4.69) is 17.3 Å². The molecule has 0 saturated heterocycles. The Bertz CT molecular complexity index is 815. The van der Waals surface area contributed by atoms with E-state index in [0.29, 0.717) is 11.6 Å². The zero-order valence-corrected chi connectivity index (χ0v) is 14.5. The van der Waals surface area contributed by atoms with Crippen LogP contribution in [0.5, 0.6) is 11.5 Å². The number of rotatable bonds is 6. The van der Waals surface area contributed by atoms with Gasteiger partial charge in [0.25, 0.3) is 0 Å². The van der Waals surface area contributed by atoms with Crippen molar-refractivity contribution >= 4 is 17.3 Å². The fourth-order valence-corrected chi connectivity index (χ4v) is 2.73. The number of ether oxygens (including phenoxy) is 1. The van der Waals surface area contributed by atoms with Gasteiger partial charge in [-0.2, -0.15) is 5.10 Å². The topological polar surface area (TPSA) is 39.1 Å². The lowest BCUT2D eigenvalue weighted by molar-refractivity contribution is 0.482. The van der Waals surface area contributed by atoms with Crippen LogP contribution in [0.4, 0.5) is 5.69 Å². The molecule has 0 aliphatic heterocycles. The van der Waals surface area contributed by atoms with Gasteiger partial charge < -0.3 is 10.1 Å². The lowest BCUT2D eigenvalue weighted by atomic mass is 10.2. The Morgan fingerprint density at radius 3 is 2.62 bits per heavy atom. The minimum absolute atomic E-state index is 0.642. The third kappa shape index (κ3) is 3.89. The zero-order valence-electron chi connectivity index (χ0n) is 13.8. The summed E-state index contributed by atoms with van der Waals surface area (Å²) < 4.78 is 7.62. The second-order valence-electron chi connectivity index (χ2n) is 5.54. The first-order valence-corrected chi connectivity index (χ1v) is 8.31. The number of anilines is 1. The van der Waals surface area contributed by atoms with E-state index in [4.69, 9.17) is 16.3 Å². The van der Waals surface area contributed by atoms with Crippen LogP contribution in [0, 0.1) is 0 Å². The molecule has 0 amide bonds. The maximum atomic E-state index is 6.40. The van der Waals surface area contributed by atoms with Crippen molar-refractivity contribution in [2.75, 3.05) is 5.32 Å². The van der Waals surface area contributed by atoms with E-state index in [1.807, 2.05) is 66.5 Å². The summed E-state index contributed by atoms with van der Waals surface area (Å²) in [6.07, 6.45) is 2.88. The monoisotopic (exact) mass is 341 g/mol. The minimum Gasteiger partial charge on any atom is -0.457 e. The number of nitrogens with one attached hydrogen (secondary N) is 1. The number of hydrogen-bond acceptors (Lipinski definition) is 3. The van der Waals surface area contributed by atoms with E-state index in [-0.39, 0.29) is 0 Å². The highest BCUT2D eigenvalue weighted by molar-refractivity contribution is 6.31. The summed E-state index contributed by atoms with van der Waals surface area (Å²) >= 11 is 6.40. The third-order valence-electron chi connectivity index (χ3n) is 3.71. The van der Waals surface area contributed by atoms with Gasteiger partial charge in [0.1, 0.15) is 11.5 Å². The van der Waals surface area contributed by atoms with Gasteiger partial charge in [-0.25, -0.2) is 0 Å². The average molecular weight is 342 g/mol. The number of para-hydroxylation sites is 1. The predicted molar refractivity (Wildman–Crippen MR) is 97.9 cm³/mol. The number of aryl methyl sites for hydroxylation is 2. The third-order valence-corrected chi connectivity index (χ3v) is 4.06. The molecule has 124 valence electrons. The van der Waals surface area contributed by atoms with Gasteiger partial charge in [0.05, 0.1) is 11.4 Å². The summed E-state index contributed by atoms with van der Waals surface area (Å²) in [4.78, 5) is 0. The molecule has 0 spiro atoms.